The Balaban J connectivity index is 2.21. The molecule has 0 aromatic carbocycles. The molecular formula is C11H15BrN2O. The number of aryl methyl sites for hydroxylation is 1. The van der Waals surface area contributed by atoms with Gasteiger partial charge in [-0.15, -0.1) is 0 Å². The first-order chi connectivity index (χ1) is 7.18. The lowest BCUT2D eigenvalue weighted by Crippen LogP contribution is -2.24. The minimum Gasteiger partial charge on any atom is -0.298 e. The molecule has 0 atom stereocenters. The fourth-order valence-electron chi connectivity index (χ4n) is 2.15. The average Bonchev–Trinajstić information content (AvgIpc) is 2.72. The Morgan fingerprint density at radius 1 is 1.53 bits per heavy atom. The highest BCUT2D eigenvalue weighted by Gasteiger charge is 2.16. The van der Waals surface area contributed by atoms with Gasteiger partial charge in [0.2, 0.25) is 0 Å². The standard InChI is InChI=1S/C11H15BrN2O/c1-8-10(12)11(15)14(7-13-8)6-9-4-2-3-5-9/h7,9H,2-6H2,1H3. The van der Waals surface area contributed by atoms with Crippen molar-refractivity contribution in [2.75, 3.05) is 0 Å². The molecule has 1 heterocycles. The minimum absolute atomic E-state index is 0.0504. The summed E-state index contributed by atoms with van der Waals surface area (Å²) in [5, 5.41) is 0. The van der Waals surface area contributed by atoms with Crippen molar-refractivity contribution in [2.45, 2.75) is 39.2 Å². The summed E-state index contributed by atoms with van der Waals surface area (Å²) in [6, 6.07) is 0. The van der Waals surface area contributed by atoms with E-state index < -0.39 is 0 Å². The van der Waals surface area contributed by atoms with Crippen LogP contribution in [0.1, 0.15) is 31.4 Å². The maximum atomic E-state index is 11.9. The van der Waals surface area contributed by atoms with Crippen LogP contribution in [0.5, 0.6) is 0 Å². The van der Waals surface area contributed by atoms with Crippen LogP contribution >= 0.6 is 15.9 Å². The molecule has 1 saturated carbocycles. The first kappa shape index (κ1) is 10.9. The maximum absolute atomic E-state index is 11.9. The summed E-state index contributed by atoms with van der Waals surface area (Å²) in [5.41, 5.74) is 0.817. The fraction of sp³-hybridized carbons (Fsp3) is 0.636. The molecule has 15 heavy (non-hydrogen) atoms. The van der Waals surface area contributed by atoms with Crippen LogP contribution in [0.4, 0.5) is 0 Å². The van der Waals surface area contributed by atoms with Gasteiger partial charge in [-0.25, -0.2) is 4.98 Å². The highest BCUT2D eigenvalue weighted by Crippen LogP contribution is 2.25. The number of nitrogens with zero attached hydrogens (tertiary/aromatic N) is 2. The van der Waals surface area contributed by atoms with Crippen LogP contribution in [0.3, 0.4) is 0 Å². The van der Waals surface area contributed by atoms with E-state index in [2.05, 4.69) is 20.9 Å². The molecule has 1 fully saturated rings. The summed E-state index contributed by atoms with van der Waals surface area (Å²) in [6.45, 7) is 2.66. The maximum Gasteiger partial charge on any atom is 0.267 e. The molecule has 0 unspecified atom stereocenters. The highest BCUT2D eigenvalue weighted by molar-refractivity contribution is 9.10. The normalized spacial score (nSPS) is 17.2. The van der Waals surface area contributed by atoms with Crippen molar-refractivity contribution in [3.63, 3.8) is 0 Å². The zero-order valence-corrected chi connectivity index (χ0v) is 10.5. The van der Waals surface area contributed by atoms with Crippen molar-refractivity contribution in [1.82, 2.24) is 9.55 Å². The van der Waals surface area contributed by atoms with Crippen molar-refractivity contribution < 1.29 is 0 Å². The molecular weight excluding hydrogens is 256 g/mol. The molecule has 1 aromatic rings. The molecule has 1 aliphatic carbocycles. The number of hydrogen-bond donors (Lipinski definition) is 0. The second kappa shape index (κ2) is 4.47. The van der Waals surface area contributed by atoms with Crippen molar-refractivity contribution in [3.8, 4) is 0 Å². The second-order valence-electron chi connectivity index (χ2n) is 4.25. The van der Waals surface area contributed by atoms with E-state index in [9.17, 15) is 4.79 Å². The van der Waals surface area contributed by atoms with Crippen LogP contribution in [0.25, 0.3) is 0 Å². The minimum atomic E-state index is 0.0504. The third kappa shape index (κ3) is 2.30. The number of rotatable bonds is 2. The summed E-state index contributed by atoms with van der Waals surface area (Å²) >= 11 is 3.28. The average molecular weight is 271 g/mol. The van der Waals surface area contributed by atoms with Crippen LogP contribution in [-0.2, 0) is 6.54 Å². The molecule has 0 N–H and O–H groups in total. The molecule has 0 aliphatic heterocycles. The van der Waals surface area contributed by atoms with Gasteiger partial charge in [0.05, 0.1) is 12.0 Å². The van der Waals surface area contributed by atoms with E-state index in [1.807, 2.05) is 6.92 Å². The molecule has 3 nitrogen and oxygen atoms in total. The zero-order chi connectivity index (χ0) is 10.8. The summed E-state index contributed by atoms with van der Waals surface area (Å²) in [6.07, 6.45) is 6.77. The third-order valence-electron chi connectivity index (χ3n) is 3.09. The van der Waals surface area contributed by atoms with E-state index in [1.165, 1.54) is 25.7 Å². The van der Waals surface area contributed by atoms with Gasteiger partial charge in [-0.05, 0) is 41.6 Å². The van der Waals surface area contributed by atoms with E-state index in [0.29, 0.717) is 10.4 Å². The third-order valence-corrected chi connectivity index (χ3v) is 4.00. The van der Waals surface area contributed by atoms with Gasteiger partial charge in [0, 0.05) is 6.54 Å². The van der Waals surface area contributed by atoms with Gasteiger partial charge in [-0.2, -0.15) is 0 Å². The summed E-state index contributed by atoms with van der Waals surface area (Å²) in [5.74, 6) is 0.666. The first-order valence-corrected chi connectivity index (χ1v) is 6.19. The zero-order valence-electron chi connectivity index (χ0n) is 8.87. The lowest BCUT2D eigenvalue weighted by Gasteiger charge is -2.11. The van der Waals surface area contributed by atoms with E-state index in [1.54, 1.807) is 10.9 Å². The molecule has 4 heteroatoms. The summed E-state index contributed by atoms with van der Waals surface area (Å²) in [7, 11) is 0. The molecule has 0 spiro atoms. The Hall–Kier alpha value is -0.640. The molecule has 1 aliphatic rings. The van der Waals surface area contributed by atoms with E-state index >= 15 is 0 Å². The van der Waals surface area contributed by atoms with Gasteiger partial charge in [0.25, 0.3) is 5.56 Å². The highest BCUT2D eigenvalue weighted by atomic mass is 79.9. The Labute approximate surface area is 97.7 Å². The molecule has 2 rings (SSSR count). The largest absolute Gasteiger partial charge is 0.298 e. The predicted octanol–water partition coefficient (Wildman–Crippen LogP) is 2.50. The number of hydrogen-bond acceptors (Lipinski definition) is 2. The second-order valence-corrected chi connectivity index (χ2v) is 5.04. The van der Waals surface area contributed by atoms with Gasteiger partial charge < -0.3 is 0 Å². The SMILES string of the molecule is Cc1ncn(CC2CCCC2)c(=O)c1Br. The van der Waals surface area contributed by atoms with Gasteiger partial charge in [-0.3, -0.25) is 9.36 Å². The summed E-state index contributed by atoms with van der Waals surface area (Å²) < 4.78 is 2.33. The van der Waals surface area contributed by atoms with E-state index in [-0.39, 0.29) is 5.56 Å². The fourth-order valence-corrected chi connectivity index (χ4v) is 2.48. The smallest absolute Gasteiger partial charge is 0.267 e. The van der Waals surface area contributed by atoms with E-state index in [4.69, 9.17) is 0 Å². The molecule has 0 amide bonds. The topological polar surface area (TPSA) is 34.9 Å². The van der Waals surface area contributed by atoms with Crippen molar-refractivity contribution in [3.05, 3.63) is 26.8 Å². The molecule has 82 valence electrons. The first-order valence-electron chi connectivity index (χ1n) is 5.40. The Bertz CT molecular complexity index is 408. The lowest BCUT2D eigenvalue weighted by molar-refractivity contribution is 0.443. The Morgan fingerprint density at radius 3 is 2.87 bits per heavy atom. The molecule has 0 saturated heterocycles. The van der Waals surface area contributed by atoms with Crippen LogP contribution in [0.15, 0.2) is 15.6 Å². The van der Waals surface area contributed by atoms with Crippen LogP contribution in [0, 0.1) is 12.8 Å². The molecule has 1 aromatic heterocycles. The Morgan fingerprint density at radius 2 is 2.20 bits per heavy atom. The van der Waals surface area contributed by atoms with Gasteiger partial charge in [0.1, 0.15) is 4.47 Å². The van der Waals surface area contributed by atoms with Crippen LogP contribution in [0.2, 0.25) is 0 Å². The van der Waals surface area contributed by atoms with Crippen LogP contribution < -0.4 is 5.56 Å². The quantitative estimate of drug-likeness (QED) is 0.828. The number of aromatic nitrogens is 2. The van der Waals surface area contributed by atoms with Gasteiger partial charge >= 0.3 is 0 Å². The van der Waals surface area contributed by atoms with Crippen LogP contribution in [-0.4, -0.2) is 9.55 Å². The Kier molecular flexibility index (Phi) is 3.24. The lowest BCUT2D eigenvalue weighted by atomic mass is 10.1. The van der Waals surface area contributed by atoms with Gasteiger partial charge in [0.15, 0.2) is 0 Å². The monoisotopic (exact) mass is 270 g/mol. The number of halogens is 1. The predicted molar refractivity (Wildman–Crippen MR) is 62.9 cm³/mol. The molecule has 0 radical (unpaired) electrons. The molecule has 0 bridgehead atoms. The van der Waals surface area contributed by atoms with Gasteiger partial charge in [-0.1, -0.05) is 12.8 Å². The van der Waals surface area contributed by atoms with Crippen molar-refractivity contribution >= 4 is 15.9 Å². The van der Waals surface area contributed by atoms with Crippen molar-refractivity contribution in [1.29, 1.82) is 0 Å². The van der Waals surface area contributed by atoms with E-state index in [0.717, 1.165) is 12.2 Å². The van der Waals surface area contributed by atoms with Crippen molar-refractivity contribution in [2.24, 2.45) is 5.92 Å². The summed E-state index contributed by atoms with van der Waals surface area (Å²) in [4.78, 5) is 16.1.